The predicted molar refractivity (Wildman–Crippen MR) is 135 cm³/mol. The van der Waals surface area contributed by atoms with E-state index in [-0.39, 0.29) is 17.9 Å². The van der Waals surface area contributed by atoms with E-state index in [1.165, 1.54) is 24.4 Å². The summed E-state index contributed by atoms with van der Waals surface area (Å²) in [6.07, 6.45) is 1.28. The lowest BCUT2D eigenvalue weighted by atomic mass is 10.2. The minimum Gasteiger partial charge on any atom is -0.421 e. The molecule has 11 heteroatoms. The van der Waals surface area contributed by atoms with E-state index in [9.17, 15) is 18.8 Å². The summed E-state index contributed by atoms with van der Waals surface area (Å²) < 4.78 is 20.6. The quantitative estimate of drug-likeness (QED) is 0.158. The van der Waals surface area contributed by atoms with Crippen LogP contribution >= 0.6 is 47.8 Å². The first-order valence-electron chi connectivity index (χ1n) is 9.56. The summed E-state index contributed by atoms with van der Waals surface area (Å²) in [6.45, 7) is -0.304. The molecule has 0 aliphatic heterocycles. The van der Waals surface area contributed by atoms with Crippen molar-refractivity contribution in [2.75, 3.05) is 6.54 Å². The van der Waals surface area contributed by atoms with Crippen molar-refractivity contribution in [3.63, 3.8) is 0 Å². The number of carbonyl (C=O) groups excluding carboxylic acids is 3. The number of esters is 1. The van der Waals surface area contributed by atoms with Crippen molar-refractivity contribution < 1.29 is 23.5 Å². The summed E-state index contributed by atoms with van der Waals surface area (Å²) >= 11 is 9.94. The molecule has 0 saturated carbocycles. The van der Waals surface area contributed by atoms with Crippen molar-refractivity contribution in [3.8, 4) is 5.75 Å². The van der Waals surface area contributed by atoms with Crippen molar-refractivity contribution in [2.45, 2.75) is 0 Å². The summed E-state index contributed by atoms with van der Waals surface area (Å²) in [4.78, 5) is 36.7. The molecule has 3 aromatic rings. The molecule has 0 aliphatic rings. The molecule has 3 rings (SSSR count). The van der Waals surface area contributed by atoms with Crippen LogP contribution in [0.3, 0.4) is 0 Å². The molecule has 0 radical (unpaired) electrons. The van der Waals surface area contributed by atoms with E-state index in [1.807, 2.05) is 0 Å². The van der Waals surface area contributed by atoms with Crippen LogP contribution in [0.4, 0.5) is 4.39 Å². The average molecular weight is 656 g/mol. The zero-order valence-corrected chi connectivity index (χ0v) is 21.9. The SMILES string of the molecule is O=C(CNC(=O)c1ccccc1Br)N/N=C\c1cc(Br)cc(Br)c1OC(=O)c1cccc(F)c1. The number of hydrogen-bond donors (Lipinski definition) is 2. The van der Waals surface area contributed by atoms with E-state index in [4.69, 9.17) is 4.74 Å². The molecule has 0 unspecified atom stereocenters. The lowest BCUT2D eigenvalue weighted by Gasteiger charge is -2.11. The van der Waals surface area contributed by atoms with Gasteiger partial charge < -0.3 is 10.1 Å². The molecule has 0 spiro atoms. The maximum atomic E-state index is 13.4. The van der Waals surface area contributed by atoms with Crippen LogP contribution in [-0.2, 0) is 4.79 Å². The van der Waals surface area contributed by atoms with Crippen LogP contribution in [0.5, 0.6) is 5.75 Å². The number of carbonyl (C=O) groups is 3. The molecule has 3 aromatic carbocycles. The van der Waals surface area contributed by atoms with Crippen LogP contribution in [0.1, 0.15) is 26.3 Å². The zero-order valence-electron chi connectivity index (χ0n) is 17.2. The monoisotopic (exact) mass is 653 g/mol. The summed E-state index contributed by atoms with van der Waals surface area (Å²) in [7, 11) is 0. The van der Waals surface area contributed by atoms with Gasteiger partial charge in [0.05, 0.1) is 28.4 Å². The maximum absolute atomic E-state index is 13.4. The van der Waals surface area contributed by atoms with Crippen molar-refractivity contribution in [3.05, 3.63) is 96.6 Å². The summed E-state index contributed by atoms with van der Waals surface area (Å²) in [5.41, 5.74) is 3.07. The highest BCUT2D eigenvalue weighted by molar-refractivity contribution is 9.11. The Labute approximate surface area is 219 Å². The zero-order chi connectivity index (χ0) is 24.7. The Balaban J connectivity index is 1.66. The number of rotatable bonds is 7. The van der Waals surface area contributed by atoms with Gasteiger partial charge in [-0.05, 0) is 74.3 Å². The van der Waals surface area contributed by atoms with Gasteiger partial charge in [0.15, 0.2) is 5.75 Å². The number of benzene rings is 3. The van der Waals surface area contributed by atoms with Crippen molar-refractivity contribution in [1.29, 1.82) is 0 Å². The van der Waals surface area contributed by atoms with Crippen LogP contribution in [0.2, 0.25) is 0 Å². The molecule has 2 amide bonds. The lowest BCUT2D eigenvalue weighted by molar-refractivity contribution is -0.120. The van der Waals surface area contributed by atoms with Crippen LogP contribution in [0, 0.1) is 5.82 Å². The second kappa shape index (κ2) is 12.0. The standard InChI is InChI=1S/C23H15Br3FN3O4/c24-15-8-14(21(19(26)10-15)34-23(33)13-4-3-5-16(27)9-13)11-29-30-20(31)12-28-22(32)17-6-1-2-7-18(17)25/h1-11H,12H2,(H,28,32)(H,30,31)/b29-11-. The molecular formula is C23H15Br3FN3O4. The molecule has 174 valence electrons. The summed E-state index contributed by atoms with van der Waals surface area (Å²) in [6, 6.07) is 15.2. The van der Waals surface area contributed by atoms with Gasteiger partial charge in [-0.3, -0.25) is 9.59 Å². The second-order valence-electron chi connectivity index (χ2n) is 6.66. The van der Waals surface area contributed by atoms with Gasteiger partial charge in [0, 0.05) is 14.5 Å². The first kappa shape index (κ1) is 25.7. The van der Waals surface area contributed by atoms with Crippen molar-refractivity contribution in [2.24, 2.45) is 5.10 Å². The highest BCUT2D eigenvalue weighted by Crippen LogP contribution is 2.32. The highest BCUT2D eigenvalue weighted by Gasteiger charge is 2.16. The molecule has 0 aliphatic carbocycles. The van der Waals surface area contributed by atoms with Gasteiger partial charge in [-0.1, -0.05) is 34.1 Å². The molecule has 0 saturated heterocycles. The third-order valence-corrected chi connectivity index (χ3v) is 5.95. The van der Waals surface area contributed by atoms with Crippen molar-refractivity contribution >= 4 is 71.8 Å². The topological polar surface area (TPSA) is 96.9 Å². The molecule has 2 N–H and O–H groups in total. The Kier molecular flexibility index (Phi) is 9.08. The number of amides is 2. The molecule has 34 heavy (non-hydrogen) atoms. The number of nitrogens with one attached hydrogen (secondary N) is 2. The molecule has 0 fully saturated rings. The Hall–Kier alpha value is -2.89. The van der Waals surface area contributed by atoms with E-state index >= 15 is 0 Å². The first-order chi connectivity index (χ1) is 16.2. The molecule has 7 nitrogen and oxygen atoms in total. The van der Waals surface area contributed by atoms with E-state index in [2.05, 4.69) is 63.6 Å². The van der Waals surface area contributed by atoms with Gasteiger partial charge in [0.25, 0.3) is 11.8 Å². The number of nitrogens with zero attached hydrogens (tertiary/aromatic N) is 1. The smallest absolute Gasteiger partial charge is 0.343 e. The van der Waals surface area contributed by atoms with Gasteiger partial charge in [-0.15, -0.1) is 0 Å². The van der Waals surface area contributed by atoms with Gasteiger partial charge in [0.1, 0.15) is 5.82 Å². The molecule has 0 atom stereocenters. The summed E-state index contributed by atoms with van der Waals surface area (Å²) in [5, 5.41) is 6.37. The maximum Gasteiger partial charge on any atom is 0.343 e. The predicted octanol–water partition coefficient (Wildman–Crippen LogP) is 5.21. The number of ether oxygens (including phenoxy) is 1. The minimum atomic E-state index is -0.768. The van der Waals surface area contributed by atoms with Crippen LogP contribution in [-0.4, -0.2) is 30.5 Å². The Bertz CT molecular complexity index is 1280. The highest BCUT2D eigenvalue weighted by atomic mass is 79.9. The third-order valence-electron chi connectivity index (χ3n) is 4.21. The fourth-order valence-electron chi connectivity index (χ4n) is 2.67. The lowest BCUT2D eigenvalue weighted by Crippen LogP contribution is -2.35. The average Bonchev–Trinajstić information content (AvgIpc) is 2.79. The molecule has 0 bridgehead atoms. The van der Waals surface area contributed by atoms with E-state index < -0.39 is 23.6 Å². The van der Waals surface area contributed by atoms with E-state index in [0.717, 1.165) is 6.07 Å². The van der Waals surface area contributed by atoms with Gasteiger partial charge >= 0.3 is 5.97 Å². The number of halogens is 4. The minimum absolute atomic E-state index is 0.0341. The summed E-state index contributed by atoms with van der Waals surface area (Å²) in [5.74, 6) is -2.20. The second-order valence-corrected chi connectivity index (χ2v) is 9.29. The van der Waals surface area contributed by atoms with Gasteiger partial charge in [-0.25, -0.2) is 14.6 Å². The molecular weight excluding hydrogens is 641 g/mol. The van der Waals surface area contributed by atoms with Gasteiger partial charge in [-0.2, -0.15) is 5.10 Å². The molecule has 0 heterocycles. The fourth-order valence-corrected chi connectivity index (χ4v) is 4.47. The van der Waals surface area contributed by atoms with E-state index in [1.54, 1.807) is 36.4 Å². The largest absolute Gasteiger partial charge is 0.421 e. The fraction of sp³-hybridized carbons (Fsp3) is 0.0435. The van der Waals surface area contributed by atoms with Gasteiger partial charge in [0.2, 0.25) is 0 Å². The van der Waals surface area contributed by atoms with Crippen LogP contribution in [0.15, 0.2) is 79.2 Å². The van der Waals surface area contributed by atoms with Crippen molar-refractivity contribution in [1.82, 2.24) is 10.7 Å². The third kappa shape index (κ3) is 7.05. The molecule has 0 aromatic heterocycles. The number of hydrazone groups is 1. The van der Waals surface area contributed by atoms with E-state index in [0.29, 0.717) is 24.5 Å². The first-order valence-corrected chi connectivity index (χ1v) is 11.9. The Morgan fingerprint density at radius 3 is 2.47 bits per heavy atom. The van der Waals surface area contributed by atoms with Crippen LogP contribution < -0.4 is 15.5 Å². The Morgan fingerprint density at radius 2 is 1.74 bits per heavy atom. The normalized spacial score (nSPS) is 10.7. The number of hydrogen-bond acceptors (Lipinski definition) is 5. The Morgan fingerprint density at radius 1 is 0.971 bits per heavy atom. The van der Waals surface area contributed by atoms with Crippen LogP contribution in [0.25, 0.3) is 0 Å².